The van der Waals surface area contributed by atoms with E-state index in [0.29, 0.717) is 0 Å². The molecule has 1 spiro atoms. The predicted octanol–water partition coefficient (Wildman–Crippen LogP) is -0.205. The van der Waals surface area contributed by atoms with Gasteiger partial charge in [-0.3, -0.25) is 4.79 Å². The zero-order valence-electron chi connectivity index (χ0n) is 6.39. The molecule has 2 heterocycles. The lowest BCUT2D eigenvalue weighted by atomic mass is 9.90. The van der Waals surface area contributed by atoms with Crippen LogP contribution in [0.25, 0.3) is 0 Å². The van der Waals surface area contributed by atoms with Crippen LogP contribution in [-0.4, -0.2) is 24.5 Å². The van der Waals surface area contributed by atoms with E-state index in [2.05, 4.69) is 10.6 Å². The number of carbonyl (C=O) groups excluding carboxylic acids is 1. The molecule has 0 bridgehead atoms. The molecule has 0 aliphatic carbocycles. The first-order valence-corrected chi connectivity index (χ1v) is 4.03. The van der Waals surface area contributed by atoms with Gasteiger partial charge in [0.25, 0.3) is 0 Å². The van der Waals surface area contributed by atoms with Crippen molar-refractivity contribution in [3.63, 3.8) is 0 Å². The van der Waals surface area contributed by atoms with Crippen molar-refractivity contribution in [1.82, 2.24) is 10.6 Å². The second-order valence-corrected chi connectivity index (χ2v) is 3.23. The normalized spacial score (nSPS) is 27.5. The van der Waals surface area contributed by atoms with Gasteiger partial charge in [-0.1, -0.05) is 6.08 Å². The van der Waals surface area contributed by atoms with Gasteiger partial charge in [0, 0.05) is 6.08 Å². The maximum Gasteiger partial charge on any atom is 0.244 e. The zero-order chi connectivity index (χ0) is 7.73. The van der Waals surface area contributed by atoms with Gasteiger partial charge in [-0.25, -0.2) is 0 Å². The Balaban J connectivity index is 2.10. The quantitative estimate of drug-likeness (QED) is 0.504. The van der Waals surface area contributed by atoms with Crippen LogP contribution in [0.3, 0.4) is 0 Å². The van der Waals surface area contributed by atoms with E-state index in [1.165, 1.54) is 0 Å². The Hall–Kier alpha value is -0.830. The van der Waals surface area contributed by atoms with Crippen molar-refractivity contribution in [2.24, 2.45) is 0 Å². The van der Waals surface area contributed by atoms with Gasteiger partial charge in [0.1, 0.15) is 0 Å². The SMILES string of the molecule is O=C1C=CC2(CCNCC2)N1. The molecule has 0 aromatic carbocycles. The molecule has 11 heavy (non-hydrogen) atoms. The Morgan fingerprint density at radius 2 is 2.09 bits per heavy atom. The fourth-order valence-corrected chi connectivity index (χ4v) is 1.73. The number of amides is 1. The molecule has 2 aliphatic heterocycles. The predicted molar refractivity (Wildman–Crippen MR) is 42.1 cm³/mol. The van der Waals surface area contributed by atoms with Crippen LogP contribution in [0, 0.1) is 0 Å². The highest BCUT2D eigenvalue weighted by atomic mass is 16.1. The van der Waals surface area contributed by atoms with Crippen molar-refractivity contribution in [3.8, 4) is 0 Å². The molecular weight excluding hydrogens is 140 g/mol. The van der Waals surface area contributed by atoms with E-state index in [4.69, 9.17) is 0 Å². The molecule has 2 rings (SSSR count). The van der Waals surface area contributed by atoms with E-state index in [1.54, 1.807) is 6.08 Å². The molecule has 60 valence electrons. The largest absolute Gasteiger partial charge is 0.344 e. The minimum absolute atomic E-state index is 0.00231. The van der Waals surface area contributed by atoms with Gasteiger partial charge in [-0.05, 0) is 25.9 Å². The van der Waals surface area contributed by atoms with E-state index in [-0.39, 0.29) is 11.4 Å². The summed E-state index contributed by atoms with van der Waals surface area (Å²) in [6, 6.07) is 0. The number of hydrogen-bond acceptors (Lipinski definition) is 2. The first-order chi connectivity index (χ1) is 5.31. The molecule has 1 saturated heterocycles. The highest BCUT2D eigenvalue weighted by Gasteiger charge is 2.33. The average Bonchev–Trinajstić information content (AvgIpc) is 2.34. The van der Waals surface area contributed by atoms with Gasteiger partial charge in [-0.15, -0.1) is 0 Å². The smallest absolute Gasteiger partial charge is 0.244 e. The van der Waals surface area contributed by atoms with Crippen LogP contribution < -0.4 is 10.6 Å². The third-order valence-electron chi connectivity index (χ3n) is 2.42. The van der Waals surface area contributed by atoms with Gasteiger partial charge in [0.15, 0.2) is 0 Å². The molecule has 0 atom stereocenters. The van der Waals surface area contributed by atoms with Gasteiger partial charge in [0.05, 0.1) is 5.54 Å². The first kappa shape index (κ1) is 6.85. The van der Waals surface area contributed by atoms with Crippen LogP contribution in [0.2, 0.25) is 0 Å². The summed E-state index contributed by atoms with van der Waals surface area (Å²) >= 11 is 0. The van der Waals surface area contributed by atoms with Crippen molar-refractivity contribution >= 4 is 5.91 Å². The van der Waals surface area contributed by atoms with Gasteiger partial charge in [-0.2, -0.15) is 0 Å². The number of rotatable bonds is 0. The van der Waals surface area contributed by atoms with Crippen LogP contribution in [0.15, 0.2) is 12.2 Å². The molecule has 0 aromatic rings. The number of carbonyl (C=O) groups is 1. The summed E-state index contributed by atoms with van der Waals surface area (Å²) in [5.74, 6) is 0.0619. The Morgan fingerprint density at radius 3 is 2.64 bits per heavy atom. The molecule has 2 aliphatic rings. The Labute approximate surface area is 65.9 Å². The van der Waals surface area contributed by atoms with Crippen molar-refractivity contribution < 1.29 is 4.79 Å². The topological polar surface area (TPSA) is 41.1 Å². The Morgan fingerprint density at radius 1 is 1.36 bits per heavy atom. The lowest BCUT2D eigenvalue weighted by Gasteiger charge is -2.32. The lowest BCUT2D eigenvalue weighted by molar-refractivity contribution is -0.117. The molecule has 0 saturated carbocycles. The summed E-state index contributed by atoms with van der Waals surface area (Å²) in [7, 11) is 0. The summed E-state index contributed by atoms with van der Waals surface area (Å²) < 4.78 is 0. The monoisotopic (exact) mass is 152 g/mol. The summed E-state index contributed by atoms with van der Waals surface area (Å²) in [6.07, 6.45) is 5.70. The molecule has 0 unspecified atom stereocenters. The van der Waals surface area contributed by atoms with Gasteiger partial charge in [0.2, 0.25) is 5.91 Å². The van der Waals surface area contributed by atoms with Crippen molar-refractivity contribution in [2.45, 2.75) is 18.4 Å². The summed E-state index contributed by atoms with van der Waals surface area (Å²) in [4.78, 5) is 10.9. The number of piperidine rings is 1. The maximum absolute atomic E-state index is 10.9. The van der Waals surface area contributed by atoms with Gasteiger partial charge >= 0.3 is 0 Å². The maximum atomic E-state index is 10.9. The van der Waals surface area contributed by atoms with E-state index in [0.717, 1.165) is 25.9 Å². The summed E-state index contributed by atoms with van der Waals surface area (Å²) in [5.41, 5.74) is 0.00231. The highest BCUT2D eigenvalue weighted by Crippen LogP contribution is 2.22. The molecule has 0 radical (unpaired) electrons. The van der Waals surface area contributed by atoms with Crippen LogP contribution in [0.1, 0.15) is 12.8 Å². The molecule has 3 nitrogen and oxygen atoms in total. The fourth-order valence-electron chi connectivity index (χ4n) is 1.73. The molecule has 2 N–H and O–H groups in total. The second-order valence-electron chi connectivity index (χ2n) is 3.23. The van der Waals surface area contributed by atoms with Gasteiger partial charge < -0.3 is 10.6 Å². The zero-order valence-corrected chi connectivity index (χ0v) is 6.39. The number of hydrogen-bond donors (Lipinski definition) is 2. The fraction of sp³-hybridized carbons (Fsp3) is 0.625. The minimum Gasteiger partial charge on any atom is -0.344 e. The van der Waals surface area contributed by atoms with Crippen LogP contribution in [0.5, 0.6) is 0 Å². The molecule has 3 heteroatoms. The van der Waals surface area contributed by atoms with E-state index in [9.17, 15) is 4.79 Å². The molecular formula is C8H12N2O. The summed E-state index contributed by atoms with van der Waals surface area (Å²) in [5, 5.41) is 6.24. The number of nitrogens with one attached hydrogen (secondary N) is 2. The third-order valence-corrected chi connectivity index (χ3v) is 2.42. The van der Waals surface area contributed by atoms with Crippen LogP contribution in [0.4, 0.5) is 0 Å². The highest BCUT2D eigenvalue weighted by molar-refractivity contribution is 5.91. The Bertz CT molecular complexity index is 204. The van der Waals surface area contributed by atoms with E-state index in [1.807, 2.05) is 6.08 Å². The average molecular weight is 152 g/mol. The van der Waals surface area contributed by atoms with Crippen molar-refractivity contribution in [2.75, 3.05) is 13.1 Å². The summed E-state index contributed by atoms with van der Waals surface area (Å²) in [6.45, 7) is 2.01. The first-order valence-electron chi connectivity index (χ1n) is 4.03. The van der Waals surface area contributed by atoms with E-state index >= 15 is 0 Å². The standard InChI is InChI=1S/C8H12N2O/c11-7-1-2-8(10-7)3-5-9-6-4-8/h1-2,9H,3-6H2,(H,10,11). The molecule has 1 amide bonds. The minimum atomic E-state index is 0.00231. The molecule has 0 aromatic heterocycles. The van der Waals surface area contributed by atoms with Crippen molar-refractivity contribution in [1.29, 1.82) is 0 Å². The third kappa shape index (κ3) is 1.16. The Kier molecular flexibility index (Phi) is 1.46. The lowest BCUT2D eigenvalue weighted by Crippen LogP contribution is -2.49. The second kappa shape index (κ2) is 2.34. The molecule has 1 fully saturated rings. The van der Waals surface area contributed by atoms with Crippen LogP contribution in [-0.2, 0) is 4.79 Å². The van der Waals surface area contributed by atoms with Crippen molar-refractivity contribution in [3.05, 3.63) is 12.2 Å². The van der Waals surface area contributed by atoms with Crippen LogP contribution >= 0.6 is 0 Å². The van der Waals surface area contributed by atoms with E-state index < -0.39 is 0 Å².